The lowest BCUT2D eigenvalue weighted by atomic mass is 10.2. The number of hydrogen-bond donors (Lipinski definition) is 0. The molecule has 0 aliphatic rings. The summed E-state index contributed by atoms with van der Waals surface area (Å²) in [5.74, 6) is 0. The van der Waals surface area contributed by atoms with Crippen LogP contribution < -0.4 is 5.56 Å². The second-order valence-electron chi connectivity index (χ2n) is 4.77. The highest BCUT2D eigenvalue weighted by atomic mass is 79.9. The predicted octanol–water partition coefficient (Wildman–Crippen LogP) is 3.12. The first kappa shape index (κ1) is 14.4. The van der Waals surface area contributed by atoms with Crippen molar-refractivity contribution in [2.24, 2.45) is 0 Å². The van der Waals surface area contributed by atoms with Gasteiger partial charge in [-0.1, -0.05) is 28.1 Å². The highest BCUT2D eigenvalue weighted by Crippen LogP contribution is 2.16. The van der Waals surface area contributed by atoms with Crippen LogP contribution in [0.5, 0.6) is 0 Å². The molecule has 0 bridgehead atoms. The van der Waals surface area contributed by atoms with Crippen LogP contribution in [0.25, 0.3) is 10.9 Å². The van der Waals surface area contributed by atoms with Gasteiger partial charge in [0.25, 0.3) is 11.2 Å². The molecule has 0 saturated heterocycles. The van der Waals surface area contributed by atoms with Gasteiger partial charge in [-0.2, -0.15) is 0 Å². The van der Waals surface area contributed by atoms with Crippen molar-refractivity contribution < 1.29 is 4.92 Å². The van der Waals surface area contributed by atoms with E-state index in [0.29, 0.717) is 16.5 Å². The monoisotopic (exact) mass is 359 g/mol. The van der Waals surface area contributed by atoms with Gasteiger partial charge in [0.05, 0.1) is 28.7 Å². The van der Waals surface area contributed by atoms with Crippen molar-refractivity contribution in [1.82, 2.24) is 9.55 Å². The lowest BCUT2D eigenvalue weighted by molar-refractivity contribution is -0.384. The SMILES string of the molecule is O=c1c2cc(Br)ccc2ncn1Cc1cccc([N+](=O)[O-])c1. The zero-order valence-electron chi connectivity index (χ0n) is 11.3. The van der Waals surface area contributed by atoms with Crippen molar-refractivity contribution in [3.05, 3.63) is 79.3 Å². The lowest BCUT2D eigenvalue weighted by Crippen LogP contribution is -2.21. The molecule has 0 radical (unpaired) electrons. The van der Waals surface area contributed by atoms with Crippen LogP contribution in [-0.4, -0.2) is 14.5 Å². The topological polar surface area (TPSA) is 78.0 Å². The maximum atomic E-state index is 12.5. The Morgan fingerprint density at radius 1 is 1.23 bits per heavy atom. The summed E-state index contributed by atoms with van der Waals surface area (Å²) in [5.41, 5.74) is 1.11. The van der Waals surface area contributed by atoms with Crippen molar-refractivity contribution in [1.29, 1.82) is 0 Å². The van der Waals surface area contributed by atoms with Gasteiger partial charge in [0.15, 0.2) is 0 Å². The summed E-state index contributed by atoms with van der Waals surface area (Å²) in [6, 6.07) is 11.5. The summed E-state index contributed by atoms with van der Waals surface area (Å²) in [6.45, 7) is 0.232. The number of nitro benzene ring substituents is 1. The van der Waals surface area contributed by atoms with Gasteiger partial charge < -0.3 is 0 Å². The Bertz CT molecular complexity index is 937. The number of rotatable bonds is 3. The lowest BCUT2D eigenvalue weighted by Gasteiger charge is -2.07. The predicted molar refractivity (Wildman–Crippen MR) is 85.9 cm³/mol. The summed E-state index contributed by atoms with van der Waals surface area (Å²) in [6.07, 6.45) is 1.46. The van der Waals surface area contributed by atoms with Gasteiger partial charge in [-0.05, 0) is 23.8 Å². The van der Waals surface area contributed by atoms with E-state index < -0.39 is 4.92 Å². The van der Waals surface area contributed by atoms with E-state index in [9.17, 15) is 14.9 Å². The smallest absolute Gasteiger partial charge is 0.269 e. The van der Waals surface area contributed by atoms with Crippen LogP contribution in [0.3, 0.4) is 0 Å². The first-order valence-corrected chi connectivity index (χ1v) is 7.22. The van der Waals surface area contributed by atoms with E-state index >= 15 is 0 Å². The molecule has 7 heteroatoms. The fourth-order valence-electron chi connectivity index (χ4n) is 2.21. The normalized spacial score (nSPS) is 10.8. The second kappa shape index (κ2) is 5.69. The minimum Gasteiger partial charge on any atom is -0.294 e. The molecule has 110 valence electrons. The van der Waals surface area contributed by atoms with Crippen LogP contribution in [0.4, 0.5) is 5.69 Å². The van der Waals surface area contributed by atoms with Crippen LogP contribution in [0.2, 0.25) is 0 Å². The number of nitrogens with zero attached hydrogens (tertiary/aromatic N) is 3. The molecule has 0 fully saturated rings. The van der Waals surface area contributed by atoms with Gasteiger partial charge in [0.1, 0.15) is 0 Å². The molecule has 1 aromatic heterocycles. The van der Waals surface area contributed by atoms with Gasteiger partial charge in [0, 0.05) is 16.6 Å². The fraction of sp³-hybridized carbons (Fsp3) is 0.0667. The van der Waals surface area contributed by atoms with Gasteiger partial charge >= 0.3 is 0 Å². The van der Waals surface area contributed by atoms with Gasteiger partial charge in [-0.25, -0.2) is 4.98 Å². The third kappa shape index (κ3) is 2.75. The van der Waals surface area contributed by atoms with Crippen LogP contribution in [0.15, 0.2) is 58.1 Å². The van der Waals surface area contributed by atoms with E-state index in [-0.39, 0.29) is 17.8 Å². The van der Waals surface area contributed by atoms with E-state index in [1.54, 1.807) is 24.3 Å². The molecular formula is C15H10BrN3O3. The molecule has 0 amide bonds. The van der Waals surface area contributed by atoms with Crippen molar-refractivity contribution in [2.75, 3.05) is 0 Å². The number of non-ortho nitro benzene ring substituents is 1. The Morgan fingerprint density at radius 2 is 2.05 bits per heavy atom. The molecule has 1 heterocycles. The molecule has 0 atom stereocenters. The third-order valence-corrected chi connectivity index (χ3v) is 3.75. The highest BCUT2D eigenvalue weighted by Gasteiger charge is 2.08. The Labute approximate surface area is 133 Å². The van der Waals surface area contributed by atoms with E-state index in [1.165, 1.54) is 23.0 Å². The van der Waals surface area contributed by atoms with Crippen LogP contribution in [-0.2, 0) is 6.54 Å². The van der Waals surface area contributed by atoms with E-state index in [4.69, 9.17) is 0 Å². The highest BCUT2D eigenvalue weighted by molar-refractivity contribution is 9.10. The Kier molecular flexibility index (Phi) is 3.72. The molecule has 0 spiro atoms. The molecule has 0 saturated carbocycles. The van der Waals surface area contributed by atoms with Crippen molar-refractivity contribution >= 4 is 32.5 Å². The Hall–Kier alpha value is -2.54. The molecule has 2 aromatic carbocycles. The van der Waals surface area contributed by atoms with Crippen LogP contribution in [0.1, 0.15) is 5.56 Å². The summed E-state index contributed by atoms with van der Waals surface area (Å²) >= 11 is 3.33. The minimum atomic E-state index is -0.456. The van der Waals surface area contributed by atoms with Gasteiger partial charge in [-0.3, -0.25) is 19.5 Å². The second-order valence-corrected chi connectivity index (χ2v) is 5.68. The number of nitro groups is 1. The molecule has 0 N–H and O–H groups in total. The fourth-order valence-corrected chi connectivity index (χ4v) is 2.57. The number of halogens is 1. The maximum Gasteiger partial charge on any atom is 0.269 e. The van der Waals surface area contributed by atoms with Crippen molar-refractivity contribution in [3.63, 3.8) is 0 Å². The molecule has 3 aromatic rings. The van der Waals surface area contributed by atoms with E-state index in [1.807, 2.05) is 6.07 Å². The van der Waals surface area contributed by atoms with E-state index in [2.05, 4.69) is 20.9 Å². The maximum absolute atomic E-state index is 12.5. The number of fused-ring (bicyclic) bond motifs is 1. The minimum absolute atomic E-state index is 0.00189. The summed E-state index contributed by atoms with van der Waals surface area (Å²) in [7, 11) is 0. The Morgan fingerprint density at radius 3 is 2.82 bits per heavy atom. The number of hydrogen-bond acceptors (Lipinski definition) is 4. The van der Waals surface area contributed by atoms with Gasteiger partial charge in [0.2, 0.25) is 0 Å². The third-order valence-electron chi connectivity index (χ3n) is 3.26. The Balaban J connectivity index is 2.04. The molecule has 0 aliphatic heterocycles. The quantitative estimate of drug-likeness (QED) is 0.531. The van der Waals surface area contributed by atoms with Crippen molar-refractivity contribution in [2.45, 2.75) is 6.54 Å². The average molecular weight is 360 g/mol. The van der Waals surface area contributed by atoms with Gasteiger partial charge in [-0.15, -0.1) is 0 Å². The number of benzene rings is 2. The van der Waals surface area contributed by atoms with Crippen LogP contribution in [0, 0.1) is 10.1 Å². The molecule has 0 aliphatic carbocycles. The van der Waals surface area contributed by atoms with E-state index in [0.717, 1.165) is 4.47 Å². The molecular weight excluding hydrogens is 350 g/mol. The summed E-state index contributed by atoms with van der Waals surface area (Å²) in [4.78, 5) is 27.1. The first-order valence-electron chi connectivity index (χ1n) is 6.42. The zero-order valence-corrected chi connectivity index (χ0v) is 12.9. The first-order chi connectivity index (χ1) is 10.5. The standard InChI is InChI=1S/C15H10BrN3O3/c16-11-4-5-14-13(7-11)15(20)18(9-17-14)8-10-2-1-3-12(6-10)19(21)22/h1-7,9H,8H2. The van der Waals surface area contributed by atoms with Crippen LogP contribution >= 0.6 is 15.9 Å². The largest absolute Gasteiger partial charge is 0.294 e. The zero-order chi connectivity index (χ0) is 15.7. The molecule has 3 rings (SSSR count). The number of aromatic nitrogens is 2. The average Bonchev–Trinajstić information content (AvgIpc) is 2.51. The summed E-state index contributed by atoms with van der Waals surface area (Å²) < 4.78 is 2.24. The molecule has 0 unspecified atom stereocenters. The molecule has 6 nitrogen and oxygen atoms in total. The summed E-state index contributed by atoms with van der Waals surface area (Å²) in [5, 5.41) is 11.3. The molecule has 22 heavy (non-hydrogen) atoms. The van der Waals surface area contributed by atoms with Crippen molar-refractivity contribution in [3.8, 4) is 0 Å².